The van der Waals surface area contributed by atoms with E-state index >= 15 is 0 Å². The largest absolute Gasteiger partial charge is 0.337 e. The minimum Gasteiger partial charge on any atom is -0.337 e. The van der Waals surface area contributed by atoms with Crippen LogP contribution < -0.4 is 5.32 Å². The van der Waals surface area contributed by atoms with Gasteiger partial charge in [-0.2, -0.15) is 0 Å². The molecule has 0 aromatic heterocycles. The first-order valence-electron chi connectivity index (χ1n) is 6.61. The number of hydrogen-bond acceptors (Lipinski definition) is 2. The molecular weight excluding hydrogens is 200 g/mol. The highest BCUT2D eigenvalue weighted by Crippen LogP contribution is 2.32. The van der Waals surface area contributed by atoms with Gasteiger partial charge in [0.1, 0.15) is 0 Å². The van der Waals surface area contributed by atoms with E-state index in [1.807, 2.05) is 0 Å². The lowest BCUT2D eigenvalue weighted by Gasteiger charge is -2.39. The predicted octanol–water partition coefficient (Wildman–Crippen LogP) is 1.63. The maximum absolute atomic E-state index is 12.1. The average Bonchev–Trinajstić information content (AvgIpc) is 3.02. The minimum atomic E-state index is 0.361. The Hall–Kier alpha value is -0.570. The molecule has 1 saturated heterocycles. The molecule has 2 atom stereocenters. The maximum atomic E-state index is 12.1. The van der Waals surface area contributed by atoms with Crippen LogP contribution in [0.3, 0.4) is 0 Å². The molecule has 2 unspecified atom stereocenters. The summed E-state index contributed by atoms with van der Waals surface area (Å²) < 4.78 is 0. The lowest BCUT2D eigenvalue weighted by atomic mass is 10.00. The van der Waals surface area contributed by atoms with Crippen molar-refractivity contribution in [2.75, 3.05) is 13.1 Å². The van der Waals surface area contributed by atoms with Crippen LogP contribution >= 0.6 is 0 Å². The van der Waals surface area contributed by atoms with E-state index in [1.165, 1.54) is 6.42 Å². The van der Waals surface area contributed by atoms with Crippen molar-refractivity contribution >= 4 is 5.91 Å². The molecule has 1 heterocycles. The molecular formula is C13H24N2O. The molecule has 3 nitrogen and oxygen atoms in total. The molecule has 1 amide bonds. The van der Waals surface area contributed by atoms with Gasteiger partial charge in [0, 0.05) is 31.1 Å². The molecule has 0 radical (unpaired) electrons. The van der Waals surface area contributed by atoms with Crippen molar-refractivity contribution in [2.24, 2.45) is 11.8 Å². The van der Waals surface area contributed by atoms with E-state index < -0.39 is 0 Å². The summed E-state index contributed by atoms with van der Waals surface area (Å²) in [6.07, 6.45) is 3.40. The van der Waals surface area contributed by atoms with E-state index in [4.69, 9.17) is 0 Å². The molecule has 0 spiro atoms. The normalized spacial score (nSPS) is 30.9. The lowest BCUT2D eigenvalue weighted by molar-refractivity contribution is -0.136. The lowest BCUT2D eigenvalue weighted by Crippen LogP contribution is -2.57. The molecule has 2 aliphatic rings. The zero-order valence-electron chi connectivity index (χ0n) is 10.7. The first-order valence-corrected chi connectivity index (χ1v) is 6.61. The molecule has 1 aliphatic heterocycles. The van der Waals surface area contributed by atoms with Crippen LogP contribution in [0.1, 0.15) is 40.0 Å². The van der Waals surface area contributed by atoms with Crippen LogP contribution in [0.15, 0.2) is 0 Å². The molecule has 1 aliphatic carbocycles. The van der Waals surface area contributed by atoms with Crippen molar-refractivity contribution in [1.82, 2.24) is 10.2 Å². The van der Waals surface area contributed by atoms with Gasteiger partial charge in [-0.25, -0.2) is 0 Å². The van der Waals surface area contributed by atoms with Crippen molar-refractivity contribution in [1.29, 1.82) is 0 Å². The molecule has 1 N–H and O–H groups in total. The maximum Gasteiger partial charge on any atom is 0.226 e. The molecule has 2 fully saturated rings. The van der Waals surface area contributed by atoms with Crippen molar-refractivity contribution in [2.45, 2.75) is 52.1 Å². The molecule has 92 valence electrons. The molecule has 0 bridgehead atoms. The predicted molar refractivity (Wildman–Crippen MR) is 65.1 cm³/mol. The van der Waals surface area contributed by atoms with Crippen LogP contribution in [-0.4, -0.2) is 36.0 Å². The van der Waals surface area contributed by atoms with Gasteiger partial charge < -0.3 is 10.2 Å². The number of nitrogens with zero attached hydrogens (tertiary/aromatic N) is 1. The molecule has 0 aromatic carbocycles. The monoisotopic (exact) mass is 224 g/mol. The van der Waals surface area contributed by atoms with Gasteiger partial charge in [0.25, 0.3) is 0 Å². The Labute approximate surface area is 98.6 Å². The van der Waals surface area contributed by atoms with E-state index in [2.05, 4.69) is 31.0 Å². The Morgan fingerprint density at radius 2 is 2.12 bits per heavy atom. The Kier molecular flexibility index (Phi) is 3.53. The quantitative estimate of drug-likeness (QED) is 0.790. The standard InChI is InChI=1S/C13H24N2O/c1-9(2)6-12-8-15(10(3)7-14-12)13(16)11-4-5-11/h9-12,14H,4-8H2,1-3H3. The van der Waals surface area contributed by atoms with Gasteiger partial charge in [-0.15, -0.1) is 0 Å². The third kappa shape index (κ3) is 2.76. The zero-order valence-corrected chi connectivity index (χ0v) is 10.7. The van der Waals surface area contributed by atoms with Crippen molar-refractivity contribution < 1.29 is 4.79 Å². The number of hydrogen-bond donors (Lipinski definition) is 1. The number of nitrogens with one attached hydrogen (secondary N) is 1. The molecule has 2 rings (SSSR count). The summed E-state index contributed by atoms with van der Waals surface area (Å²) in [5.41, 5.74) is 0. The summed E-state index contributed by atoms with van der Waals surface area (Å²) in [6, 6.07) is 0.871. The van der Waals surface area contributed by atoms with E-state index in [0.717, 1.165) is 25.9 Å². The summed E-state index contributed by atoms with van der Waals surface area (Å²) in [5, 5.41) is 3.55. The van der Waals surface area contributed by atoms with E-state index in [9.17, 15) is 4.79 Å². The van der Waals surface area contributed by atoms with Gasteiger partial charge >= 0.3 is 0 Å². The van der Waals surface area contributed by atoms with Crippen LogP contribution in [-0.2, 0) is 4.79 Å². The first kappa shape index (κ1) is 11.9. The second-order valence-electron chi connectivity index (χ2n) is 5.85. The molecule has 1 saturated carbocycles. The summed E-state index contributed by atoms with van der Waals surface area (Å²) in [5.74, 6) is 1.46. The highest BCUT2D eigenvalue weighted by Gasteiger charge is 2.37. The second-order valence-corrected chi connectivity index (χ2v) is 5.85. The summed E-state index contributed by atoms with van der Waals surface area (Å²) >= 11 is 0. The highest BCUT2D eigenvalue weighted by atomic mass is 16.2. The van der Waals surface area contributed by atoms with Gasteiger partial charge in [0.2, 0.25) is 5.91 Å². The van der Waals surface area contributed by atoms with Crippen LogP contribution in [0.5, 0.6) is 0 Å². The SMILES string of the molecule is CC(C)CC1CN(C(=O)C2CC2)C(C)CN1. The number of carbonyl (C=O) groups excluding carboxylic acids is 1. The Bertz CT molecular complexity index is 261. The fourth-order valence-electron chi connectivity index (χ4n) is 2.53. The van der Waals surface area contributed by atoms with E-state index in [0.29, 0.717) is 29.8 Å². The van der Waals surface area contributed by atoms with E-state index in [1.54, 1.807) is 0 Å². The average molecular weight is 224 g/mol. The highest BCUT2D eigenvalue weighted by molar-refractivity contribution is 5.81. The number of rotatable bonds is 3. The third-order valence-electron chi connectivity index (χ3n) is 3.62. The van der Waals surface area contributed by atoms with Gasteiger partial charge in [0.05, 0.1) is 0 Å². The summed E-state index contributed by atoms with van der Waals surface area (Å²) in [6.45, 7) is 8.50. The fraction of sp³-hybridized carbons (Fsp3) is 0.923. The van der Waals surface area contributed by atoms with Crippen LogP contribution in [0.25, 0.3) is 0 Å². The zero-order chi connectivity index (χ0) is 11.7. The minimum absolute atomic E-state index is 0.361. The van der Waals surface area contributed by atoms with Gasteiger partial charge in [-0.05, 0) is 32.1 Å². The smallest absolute Gasteiger partial charge is 0.226 e. The van der Waals surface area contributed by atoms with Crippen molar-refractivity contribution in [3.05, 3.63) is 0 Å². The van der Waals surface area contributed by atoms with Crippen molar-refractivity contribution in [3.63, 3.8) is 0 Å². The Balaban J connectivity index is 1.91. The van der Waals surface area contributed by atoms with E-state index in [-0.39, 0.29) is 0 Å². The van der Waals surface area contributed by atoms with Crippen LogP contribution in [0.2, 0.25) is 0 Å². The Morgan fingerprint density at radius 3 is 2.69 bits per heavy atom. The Morgan fingerprint density at radius 1 is 1.44 bits per heavy atom. The molecule has 3 heteroatoms. The fourth-order valence-corrected chi connectivity index (χ4v) is 2.53. The molecule has 16 heavy (non-hydrogen) atoms. The number of piperazine rings is 1. The van der Waals surface area contributed by atoms with Crippen LogP contribution in [0.4, 0.5) is 0 Å². The second kappa shape index (κ2) is 4.74. The summed E-state index contributed by atoms with van der Waals surface area (Å²) in [7, 11) is 0. The summed E-state index contributed by atoms with van der Waals surface area (Å²) in [4.78, 5) is 14.2. The van der Waals surface area contributed by atoms with Gasteiger partial charge in [0.15, 0.2) is 0 Å². The van der Waals surface area contributed by atoms with Crippen LogP contribution in [0, 0.1) is 11.8 Å². The topological polar surface area (TPSA) is 32.3 Å². The number of carbonyl (C=O) groups is 1. The van der Waals surface area contributed by atoms with Crippen molar-refractivity contribution in [3.8, 4) is 0 Å². The number of amides is 1. The van der Waals surface area contributed by atoms with Gasteiger partial charge in [-0.1, -0.05) is 13.8 Å². The van der Waals surface area contributed by atoms with Gasteiger partial charge in [-0.3, -0.25) is 4.79 Å². The molecule has 0 aromatic rings. The third-order valence-corrected chi connectivity index (χ3v) is 3.62. The first-order chi connectivity index (χ1) is 7.58.